The number of methoxy groups -OCH3 is 1. The van der Waals surface area contributed by atoms with Gasteiger partial charge in [-0.05, 0) is 79.9 Å². The third-order valence-electron chi connectivity index (χ3n) is 7.06. The van der Waals surface area contributed by atoms with Crippen LogP contribution in [-0.4, -0.2) is 35.8 Å². The van der Waals surface area contributed by atoms with Crippen molar-refractivity contribution in [3.63, 3.8) is 0 Å². The summed E-state index contributed by atoms with van der Waals surface area (Å²) in [6.45, 7) is 6.08. The standard InChI is InChI=1S/C33H31N3O8S/c1-5-42-27-17-22(9-16-26(27)44-19-21-7-12-24(13-8-21)36(39)40)18-28-31(37)35-30(23-10-14-25(41-4)15-11-23)29(32(38)43-6-2)20(3)34-33(35)45-28/h7-18,30H,5-6,19H2,1-4H3/b28-18-/t30-/m0/s1. The summed E-state index contributed by atoms with van der Waals surface area (Å²) in [6.07, 6.45) is 1.75. The highest BCUT2D eigenvalue weighted by Crippen LogP contribution is 2.32. The summed E-state index contributed by atoms with van der Waals surface area (Å²) in [7, 11) is 1.57. The van der Waals surface area contributed by atoms with Gasteiger partial charge in [-0.25, -0.2) is 9.79 Å². The molecule has 232 valence electrons. The first-order valence-electron chi connectivity index (χ1n) is 14.2. The fraction of sp³-hybridized carbons (Fsp3) is 0.242. The smallest absolute Gasteiger partial charge is 0.338 e. The van der Waals surface area contributed by atoms with E-state index in [1.807, 2.05) is 25.1 Å². The number of hydrogen-bond donors (Lipinski definition) is 0. The van der Waals surface area contributed by atoms with Crippen molar-refractivity contribution in [1.29, 1.82) is 0 Å². The molecule has 0 saturated heterocycles. The Morgan fingerprint density at radius 1 is 1.02 bits per heavy atom. The Hall–Kier alpha value is -5.23. The van der Waals surface area contributed by atoms with Gasteiger partial charge in [0.1, 0.15) is 12.4 Å². The first-order chi connectivity index (χ1) is 21.7. The van der Waals surface area contributed by atoms with Crippen LogP contribution in [0.4, 0.5) is 5.69 Å². The fourth-order valence-corrected chi connectivity index (χ4v) is 5.97. The predicted molar refractivity (Wildman–Crippen MR) is 168 cm³/mol. The van der Waals surface area contributed by atoms with Gasteiger partial charge in [0.25, 0.3) is 11.2 Å². The molecule has 12 heteroatoms. The van der Waals surface area contributed by atoms with Crippen LogP contribution in [0, 0.1) is 10.1 Å². The van der Waals surface area contributed by atoms with Crippen molar-refractivity contribution in [2.24, 2.45) is 4.99 Å². The number of aromatic nitrogens is 1. The largest absolute Gasteiger partial charge is 0.497 e. The maximum absolute atomic E-state index is 13.9. The number of fused-ring (bicyclic) bond motifs is 1. The van der Waals surface area contributed by atoms with E-state index in [2.05, 4.69) is 4.99 Å². The summed E-state index contributed by atoms with van der Waals surface area (Å²) < 4.78 is 24.4. The van der Waals surface area contributed by atoms with Gasteiger partial charge in [-0.3, -0.25) is 19.5 Å². The minimum Gasteiger partial charge on any atom is -0.497 e. The van der Waals surface area contributed by atoms with Crippen molar-refractivity contribution in [2.75, 3.05) is 20.3 Å². The molecule has 5 rings (SSSR count). The van der Waals surface area contributed by atoms with Crippen molar-refractivity contribution in [3.05, 3.63) is 124 Å². The van der Waals surface area contributed by atoms with Gasteiger partial charge in [0.2, 0.25) is 0 Å². The predicted octanol–water partition coefficient (Wildman–Crippen LogP) is 4.69. The van der Waals surface area contributed by atoms with Crippen LogP contribution in [0.15, 0.2) is 87.8 Å². The number of carbonyl (C=O) groups is 1. The third kappa shape index (κ3) is 6.65. The second-order valence-electron chi connectivity index (χ2n) is 9.93. The summed E-state index contributed by atoms with van der Waals surface area (Å²) in [5.41, 5.74) is 2.67. The lowest BCUT2D eigenvalue weighted by Gasteiger charge is -2.24. The van der Waals surface area contributed by atoms with Crippen molar-refractivity contribution in [1.82, 2.24) is 4.57 Å². The number of non-ortho nitro benzene ring substituents is 1. The van der Waals surface area contributed by atoms with E-state index >= 15 is 0 Å². The number of hydrogen-bond acceptors (Lipinski definition) is 10. The summed E-state index contributed by atoms with van der Waals surface area (Å²) in [4.78, 5) is 42.6. The van der Waals surface area contributed by atoms with Gasteiger partial charge in [0.15, 0.2) is 16.3 Å². The highest BCUT2D eigenvalue weighted by Gasteiger charge is 2.33. The van der Waals surface area contributed by atoms with Crippen LogP contribution < -0.4 is 29.1 Å². The maximum atomic E-state index is 13.9. The van der Waals surface area contributed by atoms with E-state index in [0.29, 0.717) is 55.6 Å². The van der Waals surface area contributed by atoms with Crippen LogP contribution >= 0.6 is 11.3 Å². The molecule has 0 fully saturated rings. The number of carbonyl (C=O) groups excluding carboxylic acids is 1. The molecule has 1 atom stereocenters. The van der Waals surface area contributed by atoms with E-state index in [9.17, 15) is 19.7 Å². The van der Waals surface area contributed by atoms with E-state index in [1.54, 1.807) is 63.4 Å². The van der Waals surface area contributed by atoms with Crippen LogP contribution in [0.25, 0.3) is 6.08 Å². The molecule has 0 amide bonds. The SMILES string of the molecule is CCOC(=O)C1=C(C)N=c2s/c(=C\c3ccc(OCc4ccc([N+](=O)[O-])cc4)c(OCC)c3)c(=O)n2[C@H]1c1ccc(OC)cc1. The first kappa shape index (κ1) is 31.2. The molecule has 1 aromatic heterocycles. The summed E-state index contributed by atoms with van der Waals surface area (Å²) in [6, 6.07) is 17.9. The Morgan fingerprint density at radius 3 is 2.40 bits per heavy atom. The Morgan fingerprint density at radius 2 is 1.76 bits per heavy atom. The van der Waals surface area contributed by atoms with Crippen molar-refractivity contribution in [3.8, 4) is 17.2 Å². The highest BCUT2D eigenvalue weighted by molar-refractivity contribution is 7.07. The lowest BCUT2D eigenvalue weighted by molar-refractivity contribution is -0.384. The molecule has 2 heterocycles. The summed E-state index contributed by atoms with van der Waals surface area (Å²) in [5.74, 6) is 1.09. The number of thiazole rings is 1. The normalized spacial score (nSPS) is 14.4. The number of nitrogens with zero attached hydrogens (tertiary/aromatic N) is 3. The van der Waals surface area contributed by atoms with Crippen LogP contribution in [-0.2, 0) is 16.1 Å². The van der Waals surface area contributed by atoms with Gasteiger partial charge < -0.3 is 18.9 Å². The van der Waals surface area contributed by atoms with E-state index in [-0.39, 0.29) is 24.5 Å². The average Bonchev–Trinajstić information content (AvgIpc) is 3.34. The number of benzene rings is 3. The molecule has 1 aliphatic heterocycles. The minimum absolute atomic E-state index is 0.00554. The zero-order valence-electron chi connectivity index (χ0n) is 25.1. The number of nitro groups is 1. The molecular weight excluding hydrogens is 598 g/mol. The second-order valence-corrected chi connectivity index (χ2v) is 10.9. The number of allylic oxidation sites excluding steroid dienone is 1. The van der Waals surface area contributed by atoms with Gasteiger partial charge in [-0.15, -0.1) is 0 Å². The molecule has 0 bridgehead atoms. The lowest BCUT2D eigenvalue weighted by Crippen LogP contribution is -2.39. The van der Waals surface area contributed by atoms with Crippen molar-refractivity contribution in [2.45, 2.75) is 33.4 Å². The van der Waals surface area contributed by atoms with Gasteiger partial charge in [0.05, 0.1) is 47.1 Å². The Balaban J connectivity index is 1.51. The molecule has 11 nitrogen and oxygen atoms in total. The minimum atomic E-state index is -0.734. The van der Waals surface area contributed by atoms with E-state index in [1.165, 1.54) is 28.0 Å². The monoisotopic (exact) mass is 629 g/mol. The van der Waals surface area contributed by atoms with Gasteiger partial charge in [-0.2, -0.15) is 0 Å². The quantitative estimate of drug-likeness (QED) is 0.133. The number of nitro benzene ring substituents is 1. The fourth-order valence-electron chi connectivity index (χ4n) is 4.92. The number of rotatable bonds is 11. The molecule has 0 radical (unpaired) electrons. The van der Waals surface area contributed by atoms with Gasteiger partial charge >= 0.3 is 5.97 Å². The third-order valence-corrected chi connectivity index (χ3v) is 8.04. The van der Waals surface area contributed by atoms with E-state index < -0.39 is 16.9 Å². The topological polar surface area (TPSA) is 131 Å². The molecule has 4 aromatic rings. The molecular formula is C33H31N3O8S. The average molecular weight is 630 g/mol. The Kier molecular flexibility index (Phi) is 9.43. The Bertz CT molecular complexity index is 1940. The van der Waals surface area contributed by atoms with Crippen LogP contribution in [0.1, 0.15) is 43.5 Å². The molecule has 0 aliphatic carbocycles. The van der Waals surface area contributed by atoms with Crippen molar-refractivity contribution < 1.29 is 28.7 Å². The summed E-state index contributed by atoms with van der Waals surface area (Å²) in [5, 5.41) is 10.9. The lowest BCUT2D eigenvalue weighted by atomic mass is 9.96. The molecule has 0 saturated carbocycles. The highest BCUT2D eigenvalue weighted by atomic mass is 32.1. The van der Waals surface area contributed by atoms with Crippen LogP contribution in [0.5, 0.6) is 17.2 Å². The second kappa shape index (κ2) is 13.6. The molecule has 1 aliphatic rings. The summed E-state index contributed by atoms with van der Waals surface area (Å²) >= 11 is 1.23. The van der Waals surface area contributed by atoms with Gasteiger partial charge in [0, 0.05) is 12.1 Å². The maximum Gasteiger partial charge on any atom is 0.338 e. The molecule has 0 spiro atoms. The molecule has 45 heavy (non-hydrogen) atoms. The zero-order valence-corrected chi connectivity index (χ0v) is 26.0. The van der Waals surface area contributed by atoms with E-state index in [4.69, 9.17) is 18.9 Å². The Labute approximate surface area is 262 Å². The first-order valence-corrected chi connectivity index (χ1v) is 15.0. The molecule has 0 N–H and O–H groups in total. The van der Waals surface area contributed by atoms with Crippen molar-refractivity contribution >= 4 is 29.1 Å². The van der Waals surface area contributed by atoms with Crippen LogP contribution in [0.2, 0.25) is 0 Å². The number of esters is 1. The number of ether oxygens (including phenoxy) is 4. The molecule has 0 unspecified atom stereocenters. The van der Waals surface area contributed by atoms with E-state index in [0.717, 1.165) is 5.56 Å². The zero-order chi connectivity index (χ0) is 32.1. The van der Waals surface area contributed by atoms with Crippen LogP contribution in [0.3, 0.4) is 0 Å². The van der Waals surface area contributed by atoms with Gasteiger partial charge in [-0.1, -0.05) is 29.5 Å². The molecule has 3 aromatic carbocycles.